The Morgan fingerprint density at radius 3 is 2.75 bits per heavy atom. The van der Waals surface area contributed by atoms with E-state index < -0.39 is 0 Å². The lowest BCUT2D eigenvalue weighted by atomic mass is 10.2. The number of fused-ring (bicyclic) bond motifs is 1. The summed E-state index contributed by atoms with van der Waals surface area (Å²) in [5.74, 6) is 0. The second kappa shape index (κ2) is 5.66. The topological polar surface area (TPSA) is 43.8 Å². The molecule has 1 aromatic carbocycles. The highest BCUT2D eigenvalue weighted by Gasteiger charge is 2.00. The number of aryl methyl sites for hydroxylation is 1. The van der Waals surface area contributed by atoms with Crippen molar-refractivity contribution in [3.8, 4) is 0 Å². The van der Waals surface area contributed by atoms with Gasteiger partial charge in [-0.25, -0.2) is 4.98 Å². The molecule has 0 amide bonds. The maximum Gasteiger partial charge on any atom is 0.0958 e. The first-order valence-corrected chi connectivity index (χ1v) is 6.02. The van der Waals surface area contributed by atoms with Crippen LogP contribution >= 0.6 is 0 Å². The third-order valence-corrected chi connectivity index (χ3v) is 2.88. The number of aromatic nitrogens is 2. The van der Waals surface area contributed by atoms with Gasteiger partial charge in [0.1, 0.15) is 0 Å². The van der Waals surface area contributed by atoms with E-state index in [1.54, 1.807) is 0 Å². The lowest BCUT2D eigenvalue weighted by Gasteiger charge is -2.03. The normalized spacial score (nSPS) is 11.1. The lowest BCUT2D eigenvalue weighted by Crippen LogP contribution is -1.99. The Labute approximate surface area is 96.3 Å². The molecule has 86 valence electrons. The van der Waals surface area contributed by atoms with Crippen molar-refractivity contribution in [2.75, 3.05) is 6.54 Å². The minimum atomic E-state index is 0.813. The highest BCUT2D eigenvalue weighted by molar-refractivity contribution is 5.74. The third-order valence-electron chi connectivity index (χ3n) is 2.88. The van der Waals surface area contributed by atoms with Crippen LogP contribution in [0.1, 0.15) is 25.7 Å². The number of nitrogens with zero attached hydrogens (tertiary/aromatic N) is 2. The van der Waals surface area contributed by atoms with E-state index in [0.29, 0.717) is 0 Å². The molecule has 2 N–H and O–H groups in total. The number of unbranched alkanes of at least 4 members (excludes halogenated alkanes) is 3. The Morgan fingerprint density at radius 2 is 1.88 bits per heavy atom. The van der Waals surface area contributed by atoms with Gasteiger partial charge in [0.15, 0.2) is 0 Å². The van der Waals surface area contributed by atoms with Crippen LogP contribution in [0.3, 0.4) is 0 Å². The van der Waals surface area contributed by atoms with Crippen molar-refractivity contribution < 1.29 is 0 Å². The zero-order valence-corrected chi connectivity index (χ0v) is 9.60. The number of imidazole rings is 1. The van der Waals surface area contributed by atoms with Crippen molar-refractivity contribution >= 4 is 11.0 Å². The monoisotopic (exact) mass is 217 g/mol. The fourth-order valence-corrected chi connectivity index (χ4v) is 1.97. The summed E-state index contributed by atoms with van der Waals surface area (Å²) in [4.78, 5) is 4.38. The molecule has 16 heavy (non-hydrogen) atoms. The predicted octanol–water partition coefficient (Wildman–Crippen LogP) is 2.56. The molecule has 3 heteroatoms. The van der Waals surface area contributed by atoms with Crippen LogP contribution < -0.4 is 5.73 Å². The first-order valence-electron chi connectivity index (χ1n) is 6.02. The van der Waals surface area contributed by atoms with Crippen LogP contribution in [0.4, 0.5) is 0 Å². The summed E-state index contributed by atoms with van der Waals surface area (Å²) < 4.78 is 2.23. The molecule has 0 fully saturated rings. The summed E-state index contributed by atoms with van der Waals surface area (Å²) in [6, 6.07) is 8.28. The molecule has 0 radical (unpaired) electrons. The number of rotatable bonds is 6. The molecule has 0 aliphatic rings. The van der Waals surface area contributed by atoms with Crippen LogP contribution in [0, 0.1) is 0 Å². The molecule has 0 spiro atoms. The smallest absolute Gasteiger partial charge is 0.0958 e. The number of hydrogen-bond acceptors (Lipinski definition) is 2. The van der Waals surface area contributed by atoms with E-state index in [4.69, 9.17) is 5.73 Å². The maximum atomic E-state index is 5.46. The third kappa shape index (κ3) is 2.61. The van der Waals surface area contributed by atoms with Crippen molar-refractivity contribution in [1.82, 2.24) is 9.55 Å². The Kier molecular flexibility index (Phi) is 3.94. The molecule has 0 saturated heterocycles. The van der Waals surface area contributed by atoms with Gasteiger partial charge in [0.2, 0.25) is 0 Å². The maximum absolute atomic E-state index is 5.46. The Morgan fingerprint density at radius 1 is 1.06 bits per heavy atom. The van der Waals surface area contributed by atoms with Gasteiger partial charge in [0.25, 0.3) is 0 Å². The predicted molar refractivity (Wildman–Crippen MR) is 67.3 cm³/mol. The van der Waals surface area contributed by atoms with Gasteiger partial charge in [-0.2, -0.15) is 0 Å². The standard InChI is InChI=1S/C13H19N3/c14-9-5-1-2-6-10-16-11-15-12-7-3-4-8-13(12)16/h3-4,7-8,11H,1-2,5-6,9-10,14H2. The SMILES string of the molecule is NCCCCCCn1cnc2ccccc21. The van der Waals surface area contributed by atoms with E-state index in [1.807, 2.05) is 12.4 Å². The van der Waals surface area contributed by atoms with Gasteiger partial charge >= 0.3 is 0 Å². The molecular weight excluding hydrogens is 198 g/mol. The largest absolute Gasteiger partial charge is 0.331 e. The molecule has 0 unspecified atom stereocenters. The van der Waals surface area contributed by atoms with Crippen molar-refractivity contribution in [1.29, 1.82) is 0 Å². The molecule has 1 heterocycles. The molecular formula is C13H19N3. The quantitative estimate of drug-likeness (QED) is 0.756. The van der Waals surface area contributed by atoms with Crippen LogP contribution in [-0.2, 0) is 6.54 Å². The highest BCUT2D eigenvalue weighted by Crippen LogP contribution is 2.13. The van der Waals surface area contributed by atoms with Crippen LogP contribution in [0.5, 0.6) is 0 Å². The summed E-state index contributed by atoms with van der Waals surface area (Å²) in [5.41, 5.74) is 7.79. The molecule has 2 aromatic rings. The van der Waals surface area contributed by atoms with Crippen molar-refractivity contribution in [2.24, 2.45) is 5.73 Å². The van der Waals surface area contributed by atoms with Gasteiger partial charge in [0.05, 0.1) is 17.4 Å². The molecule has 0 atom stereocenters. The fraction of sp³-hybridized carbons (Fsp3) is 0.462. The molecule has 3 nitrogen and oxygen atoms in total. The van der Waals surface area contributed by atoms with Crippen molar-refractivity contribution in [2.45, 2.75) is 32.2 Å². The van der Waals surface area contributed by atoms with E-state index >= 15 is 0 Å². The van der Waals surface area contributed by atoms with Crippen LogP contribution in [-0.4, -0.2) is 16.1 Å². The number of para-hydroxylation sites is 2. The Bertz CT molecular complexity index is 433. The second-order valence-corrected chi connectivity index (χ2v) is 4.13. The first-order chi connectivity index (χ1) is 7.92. The minimum absolute atomic E-state index is 0.813. The first kappa shape index (κ1) is 11.1. The Hall–Kier alpha value is -1.35. The zero-order valence-electron chi connectivity index (χ0n) is 9.60. The van der Waals surface area contributed by atoms with Gasteiger partial charge in [-0.15, -0.1) is 0 Å². The van der Waals surface area contributed by atoms with Gasteiger partial charge < -0.3 is 10.3 Å². The summed E-state index contributed by atoms with van der Waals surface area (Å²) >= 11 is 0. The van der Waals surface area contributed by atoms with Gasteiger partial charge in [-0.3, -0.25) is 0 Å². The summed E-state index contributed by atoms with van der Waals surface area (Å²) in [7, 11) is 0. The highest BCUT2D eigenvalue weighted by atomic mass is 15.0. The summed E-state index contributed by atoms with van der Waals surface area (Å²) in [6.45, 7) is 1.87. The molecule has 0 saturated carbocycles. The van der Waals surface area contributed by atoms with Crippen LogP contribution in [0.2, 0.25) is 0 Å². The van der Waals surface area contributed by atoms with Crippen molar-refractivity contribution in [3.63, 3.8) is 0 Å². The zero-order chi connectivity index (χ0) is 11.2. The number of benzene rings is 1. The average Bonchev–Trinajstić information content (AvgIpc) is 2.73. The van der Waals surface area contributed by atoms with Crippen molar-refractivity contribution in [3.05, 3.63) is 30.6 Å². The van der Waals surface area contributed by atoms with Gasteiger partial charge in [-0.1, -0.05) is 25.0 Å². The van der Waals surface area contributed by atoms with Gasteiger partial charge in [0, 0.05) is 6.54 Å². The molecule has 2 rings (SSSR count). The second-order valence-electron chi connectivity index (χ2n) is 4.13. The Balaban J connectivity index is 1.89. The van der Waals surface area contributed by atoms with E-state index in [-0.39, 0.29) is 0 Å². The lowest BCUT2D eigenvalue weighted by molar-refractivity contribution is 0.582. The van der Waals surface area contributed by atoms with E-state index in [0.717, 1.165) is 25.0 Å². The fourth-order valence-electron chi connectivity index (χ4n) is 1.97. The summed E-state index contributed by atoms with van der Waals surface area (Å²) in [5, 5.41) is 0. The molecule has 0 aliphatic carbocycles. The van der Waals surface area contributed by atoms with E-state index in [2.05, 4.69) is 27.8 Å². The molecule has 1 aromatic heterocycles. The van der Waals surface area contributed by atoms with Crippen LogP contribution in [0.15, 0.2) is 30.6 Å². The van der Waals surface area contributed by atoms with E-state index in [1.165, 1.54) is 24.8 Å². The summed E-state index contributed by atoms with van der Waals surface area (Å²) in [6.07, 6.45) is 6.78. The molecule has 0 bridgehead atoms. The molecule has 0 aliphatic heterocycles. The number of nitrogens with two attached hydrogens (primary N) is 1. The van der Waals surface area contributed by atoms with Gasteiger partial charge in [-0.05, 0) is 31.5 Å². The number of hydrogen-bond donors (Lipinski definition) is 1. The average molecular weight is 217 g/mol. The van der Waals surface area contributed by atoms with E-state index in [9.17, 15) is 0 Å². The minimum Gasteiger partial charge on any atom is -0.331 e. The van der Waals surface area contributed by atoms with Crippen LogP contribution in [0.25, 0.3) is 11.0 Å².